The van der Waals surface area contributed by atoms with Crippen LogP contribution in [-0.2, 0) is 5.75 Å². The second-order valence-electron chi connectivity index (χ2n) is 4.45. The number of hydrogen-bond donors (Lipinski definition) is 1. The van der Waals surface area contributed by atoms with Crippen molar-refractivity contribution in [3.05, 3.63) is 53.6 Å². The summed E-state index contributed by atoms with van der Waals surface area (Å²) in [6.07, 6.45) is 0. The summed E-state index contributed by atoms with van der Waals surface area (Å²) < 4.78 is 5.67. The van der Waals surface area contributed by atoms with Gasteiger partial charge in [0.25, 0.3) is 5.22 Å². The number of aromatic nitrogens is 1. The molecule has 0 amide bonds. The molecule has 4 heteroatoms. The number of hydrogen-bond acceptors (Lipinski definition) is 4. The lowest BCUT2D eigenvalue weighted by atomic mass is 10.2. The van der Waals surface area contributed by atoms with Crippen LogP contribution in [0.4, 0.5) is 5.69 Å². The summed E-state index contributed by atoms with van der Waals surface area (Å²) in [6, 6.07) is 14.0. The molecule has 0 aliphatic rings. The summed E-state index contributed by atoms with van der Waals surface area (Å²) in [5.41, 5.74) is 10.5. The fourth-order valence-electron chi connectivity index (χ4n) is 1.96. The lowest BCUT2D eigenvalue weighted by Gasteiger charge is -1.99. The molecule has 0 aliphatic carbocycles. The van der Waals surface area contributed by atoms with Crippen LogP contribution in [0.25, 0.3) is 11.1 Å². The highest BCUT2D eigenvalue weighted by Gasteiger charge is 2.08. The lowest BCUT2D eigenvalue weighted by Crippen LogP contribution is -1.85. The van der Waals surface area contributed by atoms with Crippen LogP contribution >= 0.6 is 11.8 Å². The van der Waals surface area contributed by atoms with Crippen LogP contribution < -0.4 is 5.73 Å². The Bertz CT molecular complexity index is 721. The van der Waals surface area contributed by atoms with Gasteiger partial charge in [-0.15, -0.1) is 0 Å². The van der Waals surface area contributed by atoms with Gasteiger partial charge < -0.3 is 10.2 Å². The second kappa shape index (κ2) is 4.97. The fourth-order valence-corrected chi connectivity index (χ4v) is 2.73. The number of fused-ring (bicyclic) bond motifs is 1. The monoisotopic (exact) mass is 270 g/mol. The molecule has 3 nitrogen and oxygen atoms in total. The molecule has 0 unspecified atom stereocenters. The topological polar surface area (TPSA) is 52.0 Å². The molecule has 0 spiro atoms. The summed E-state index contributed by atoms with van der Waals surface area (Å²) in [6.45, 7) is 2.09. The number of nitrogen functional groups attached to an aromatic ring is 1. The summed E-state index contributed by atoms with van der Waals surface area (Å²) >= 11 is 1.58. The molecule has 0 bridgehead atoms. The van der Waals surface area contributed by atoms with Gasteiger partial charge >= 0.3 is 0 Å². The van der Waals surface area contributed by atoms with Crippen molar-refractivity contribution in [3.8, 4) is 0 Å². The van der Waals surface area contributed by atoms with Crippen molar-refractivity contribution in [1.29, 1.82) is 0 Å². The second-order valence-corrected chi connectivity index (χ2v) is 5.38. The number of anilines is 1. The smallest absolute Gasteiger partial charge is 0.257 e. The van der Waals surface area contributed by atoms with Crippen LogP contribution in [0.15, 0.2) is 52.1 Å². The molecule has 2 N–H and O–H groups in total. The van der Waals surface area contributed by atoms with Crippen LogP contribution in [-0.4, -0.2) is 4.98 Å². The van der Waals surface area contributed by atoms with Crippen LogP contribution in [0.5, 0.6) is 0 Å². The largest absolute Gasteiger partial charge is 0.431 e. The van der Waals surface area contributed by atoms with Crippen molar-refractivity contribution in [2.75, 3.05) is 5.73 Å². The van der Waals surface area contributed by atoms with Gasteiger partial charge in [-0.05, 0) is 24.6 Å². The van der Waals surface area contributed by atoms with E-state index in [0.717, 1.165) is 16.9 Å². The molecule has 1 heterocycles. The highest BCUT2D eigenvalue weighted by atomic mass is 32.2. The molecule has 96 valence electrons. The maximum absolute atomic E-state index is 5.86. The molecule has 3 rings (SSSR count). The van der Waals surface area contributed by atoms with E-state index in [1.54, 1.807) is 11.8 Å². The number of nitrogens with two attached hydrogens (primary N) is 1. The third-order valence-electron chi connectivity index (χ3n) is 2.88. The highest BCUT2D eigenvalue weighted by molar-refractivity contribution is 7.98. The molecular formula is C15H14N2OS. The maximum atomic E-state index is 5.86. The van der Waals surface area contributed by atoms with Crippen LogP contribution in [0.1, 0.15) is 11.1 Å². The van der Waals surface area contributed by atoms with E-state index in [2.05, 4.69) is 36.2 Å². The first-order chi connectivity index (χ1) is 9.22. The van der Waals surface area contributed by atoms with Crippen molar-refractivity contribution < 1.29 is 4.42 Å². The van der Waals surface area contributed by atoms with Gasteiger partial charge in [-0.3, -0.25) is 0 Å². The van der Waals surface area contributed by atoms with E-state index in [-0.39, 0.29) is 0 Å². The third kappa shape index (κ3) is 2.58. The van der Waals surface area contributed by atoms with E-state index in [9.17, 15) is 0 Å². The average Bonchev–Trinajstić information content (AvgIpc) is 2.81. The quantitative estimate of drug-likeness (QED) is 0.577. The molecule has 0 radical (unpaired) electrons. The standard InChI is InChI=1S/C15H14N2OS/c1-10-4-2-5-11(8-10)9-19-15-17-14-12(16)6-3-7-13(14)18-15/h2-8H,9,16H2,1H3. The van der Waals surface area contributed by atoms with Gasteiger partial charge in [-0.2, -0.15) is 0 Å². The molecular weight excluding hydrogens is 256 g/mol. The van der Waals surface area contributed by atoms with Gasteiger partial charge in [-0.1, -0.05) is 47.7 Å². The zero-order chi connectivity index (χ0) is 13.2. The Morgan fingerprint density at radius 3 is 2.84 bits per heavy atom. The van der Waals surface area contributed by atoms with E-state index in [1.807, 2.05) is 18.2 Å². The number of nitrogens with zero attached hydrogens (tertiary/aromatic N) is 1. The SMILES string of the molecule is Cc1cccc(CSc2nc3c(N)cccc3o2)c1. The first kappa shape index (κ1) is 12.1. The molecule has 1 aromatic heterocycles. The summed E-state index contributed by atoms with van der Waals surface area (Å²) in [5, 5.41) is 0.661. The molecule has 0 saturated carbocycles. The lowest BCUT2D eigenvalue weighted by molar-refractivity contribution is 0.489. The summed E-state index contributed by atoms with van der Waals surface area (Å²) in [4.78, 5) is 4.42. The predicted molar refractivity (Wildman–Crippen MR) is 79.2 cm³/mol. The fraction of sp³-hybridized carbons (Fsp3) is 0.133. The van der Waals surface area contributed by atoms with Crippen LogP contribution in [0, 0.1) is 6.92 Å². The van der Waals surface area contributed by atoms with Gasteiger partial charge in [0.05, 0.1) is 5.69 Å². The van der Waals surface area contributed by atoms with E-state index in [0.29, 0.717) is 10.9 Å². The highest BCUT2D eigenvalue weighted by Crippen LogP contribution is 2.28. The number of rotatable bonds is 3. The molecule has 2 aromatic carbocycles. The van der Waals surface area contributed by atoms with Gasteiger partial charge in [0.1, 0.15) is 5.52 Å². The molecule has 3 aromatic rings. The summed E-state index contributed by atoms with van der Waals surface area (Å²) in [5.74, 6) is 0.842. The molecule has 0 aliphatic heterocycles. The van der Waals surface area contributed by atoms with Gasteiger partial charge in [-0.25, -0.2) is 4.98 Å². The Morgan fingerprint density at radius 2 is 2.05 bits per heavy atom. The van der Waals surface area contributed by atoms with Gasteiger partial charge in [0.15, 0.2) is 5.58 Å². The van der Waals surface area contributed by atoms with Crippen molar-refractivity contribution in [2.45, 2.75) is 17.9 Å². The molecule has 0 atom stereocenters. The Balaban J connectivity index is 1.80. The van der Waals surface area contributed by atoms with Crippen molar-refractivity contribution in [3.63, 3.8) is 0 Å². The summed E-state index contributed by atoms with van der Waals surface area (Å²) in [7, 11) is 0. The number of aryl methyl sites for hydroxylation is 1. The first-order valence-electron chi connectivity index (χ1n) is 6.06. The third-order valence-corrected chi connectivity index (χ3v) is 3.77. The minimum Gasteiger partial charge on any atom is -0.431 e. The molecule has 0 fully saturated rings. The zero-order valence-electron chi connectivity index (χ0n) is 10.6. The van der Waals surface area contributed by atoms with Crippen molar-refractivity contribution >= 4 is 28.5 Å². The molecule has 0 saturated heterocycles. The van der Waals surface area contributed by atoms with E-state index < -0.39 is 0 Å². The van der Waals surface area contributed by atoms with Gasteiger partial charge in [0, 0.05) is 5.75 Å². The van der Waals surface area contributed by atoms with Gasteiger partial charge in [0.2, 0.25) is 0 Å². The van der Waals surface area contributed by atoms with Crippen molar-refractivity contribution in [1.82, 2.24) is 4.98 Å². The predicted octanol–water partition coefficient (Wildman–Crippen LogP) is 4.01. The Labute approximate surface area is 115 Å². The Hall–Kier alpha value is -1.94. The normalized spacial score (nSPS) is 11.0. The zero-order valence-corrected chi connectivity index (χ0v) is 11.4. The Morgan fingerprint density at radius 1 is 1.21 bits per heavy atom. The molecule has 19 heavy (non-hydrogen) atoms. The first-order valence-corrected chi connectivity index (χ1v) is 7.04. The van der Waals surface area contributed by atoms with Crippen molar-refractivity contribution in [2.24, 2.45) is 0 Å². The number of thioether (sulfide) groups is 1. The van der Waals surface area contributed by atoms with Crippen LogP contribution in [0.2, 0.25) is 0 Å². The van der Waals surface area contributed by atoms with E-state index >= 15 is 0 Å². The minimum absolute atomic E-state index is 0.656. The van der Waals surface area contributed by atoms with E-state index in [4.69, 9.17) is 10.2 Å². The number of benzene rings is 2. The average molecular weight is 270 g/mol. The Kier molecular flexibility index (Phi) is 3.17. The maximum Gasteiger partial charge on any atom is 0.257 e. The van der Waals surface area contributed by atoms with E-state index in [1.165, 1.54) is 11.1 Å². The minimum atomic E-state index is 0.656. The number of oxazole rings is 1. The number of para-hydroxylation sites is 1. The van der Waals surface area contributed by atoms with Crippen LogP contribution in [0.3, 0.4) is 0 Å².